The molecule has 12 aromatic rings. The second-order valence-corrected chi connectivity index (χ2v) is 32.2. The number of hydrogen-bond donors (Lipinski definition) is 5. The Morgan fingerprint density at radius 2 is 1.02 bits per heavy atom. The van der Waals surface area contributed by atoms with Crippen molar-refractivity contribution < 1.29 is 22.4 Å². The van der Waals surface area contributed by atoms with E-state index in [1.165, 1.54) is 10.7 Å². The molecule has 6 N–H and O–H groups in total. The fourth-order valence-electron chi connectivity index (χ4n) is 9.45. The van der Waals surface area contributed by atoms with Crippen LogP contribution in [0, 0.1) is 25.7 Å². The number of anilines is 7. The van der Waals surface area contributed by atoms with Crippen molar-refractivity contribution in [3.63, 3.8) is 0 Å². The van der Waals surface area contributed by atoms with Gasteiger partial charge in [-0.05, 0) is 181 Å². The number of aryl methyl sites for hydroxylation is 4. The van der Waals surface area contributed by atoms with Crippen LogP contribution >= 0.6 is 15.9 Å². The molecule has 1 fully saturated rings. The van der Waals surface area contributed by atoms with Crippen molar-refractivity contribution in [2.45, 2.75) is 154 Å². The Bertz CT molecular complexity index is 4660. The van der Waals surface area contributed by atoms with E-state index >= 15 is 0 Å². The van der Waals surface area contributed by atoms with E-state index in [4.69, 9.17) is 48.1 Å². The second-order valence-electron chi connectivity index (χ2n) is 26.6. The summed E-state index contributed by atoms with van der Waals surface area (Å²) in [6, 6.07) is 28.9. The largest absolute Gasteiger partial charge is 0.458 e. The number of morpholine rings is 1. The molecule has 0 unspecified atom stereocenters. The predicted molar refractivity (Wildman–Crippen MR) is 394 cm³/mol. The number of nitrogen functional groups attached to an aromatic ring is 1. The molecule has 12 aromatic heterocycles. The maximum absolute atomic E-state index is 10.9. The standard InChI is InChI=1S/C26H37N7O2Si.C20H22N8O2.C14H16N6O2.C7H8BrN.2CH4/c1-17-13-14-20(35-17)23-31-24(32-25(2,3)4)30-22-19(15-27-33(22)23)29-21-12-10-11-18(28-21)16-34-36(8,9)26(5,6)7;1-13-5-6-16(30-13)19-26-20(21)25-18-15(11-22-28(18)19)24-17-4-2-3-14(23-17)12-27-7-9-29-10-8-27;1-8-5-6-10(22-8)12-17-13(18-14(2,3)4)16-11-9(19-21)7-15-20(11)12;1-2-6-4-3-5-7(8)9-6;;/h10-15H,16H2,1-9H3,(H,28,29)(H,30,32);2-6,11H,7-10,12H2,1H3,(H2,21,25)(H,23,24);5-7H,1-4H3,(H,16,18);3-5H,2H2,1H3;2*1H4. The highest BCUT2D eigenvalue weighted by atomic mass is 79.9. The van der Waals surface area contributed by atoms with Gasteiger partial charge < -0.3 is 49.4 Å². The number of nitrogens with two attached hydrogens (primary N) is 1. The van der Waals surface area contributed by atoms with Crippen LogP contribution in [-0.4, -0.2) is 124 Å². The Labute approximate surface area is 586 Å². The molecule has 99 heavy (non-hydrogen) atoms. The van der Waals surface area contributed by atoms with Crippen LogP contribution in [0.15, 0.2) is 133 Å². The van der Waals surface area contributed by atoms with Crippen molar-refractivity contribution in [3.8, 4) is 34.8 Å². The number of furan rings is 3. The number of nitrogens with one attached hydrogen (secondary N) is 4. The first-order valence-electron chi connectivity index (χ1n) is 31.7. The molecule has 0 saturated carbocycles. The number of hydrogen-bond acceptors (Lipinski definition) is 25. The summed E-state index contributed by atoms with van der Waals surface area (Å²) < 4.78 is 34.6. The summed E-state index contributed by atoms with van der Waals surface area (Å²) in [5.74, 6) is 8.02. The van der Waals surface area contributed by atoms with Gasteiger partial charge in [0.15, 0.2) is 48.2 Å². The van der Waals surface area contributed by atoms with E-state index in [2.05, 4.69) is 149 Å². The SMILES string of the molecule is C.C.CCc1cccc(Br)n1.Cc1ccc(-c2nc(N)nc3c(Nc4cccc(CN5CCOCC5)n4)cnn23)o1.Cc1ccc(-c2nc(NC(C)(C)C)nc3c(N=O)cnn23)o1.Cc1ccc(-c2nc(NC(C)(C)C)nc3c(Nc4cccc(CO[Si](C)(C)C(C)(C)C)n4)cnn23)o1. The molecule has 0 bridgehead atoms. The van der Waals surface area contributed by atoms with Crippen LogP contribution in [0.2, 0.25) is 18.1 Å². The number of halogens is 1. The minimum Gasteiger partial charge on any atom is -0.458 e. The van der Waals surface area contributed by atoms with Crippen LogP contribution in [0.1, 0.15) is 118 Å². The third-order valence-corrected chi connectivity index (χ3v) is 20.1. The summed E-state index contributed by atoms with van der Waals surface area (Å²) in [6.07, 6.45) is 5.76. The number of ether oxygens (including phenoxy) is 1. The van der Waals surface area contributed by atoms with Crippen molar-refractivity contribution in [1.82, 2.24) is 78.6 Å². The van der Waals surface area contributed by atoms with Crippen LogP contribution < -0.4 is 27.0 Å². The van der Waals surface area contributed by atoms with Gasteiger partial charge in [0.25, 0.3) is 0 Å². The van der Waals surface area contributed by atoms with E-state index in [1.807, 2.05) is 126 Å². The van der Waals surface area contributed by atoms with E-state index in [0.717, 1.165) is 78.2 Å². The molecule has 0 atom stereocenters. The van der Waals surface area contributed by atoms with Crippen molar-refractivity contribution in [3.05, 3.63) is 153 Å². The number of pyridine rings is 3. The molecule has 28 nitrogen and oxygen atoms in total. The van der Waals surface area contributed by atoms with Crippen molar-refractivity contribution in [1.29, 1.82) is 0 Å². The van der Waals surface area contributed by atoms with Crippen molar-refractivity contribution >= 4 is 87.7 Å². The molecular formula is C69H91BrN22O6Si. The zero-order valence-corrected chi connectivity index (χ0v) is 59.9. The first kappa shape index (κ1) is 74.9. The van der Waals surface area contributed by atoms with Crippen LogP contribution in [0.25, 0.3) is 51.7 Å². The number of rotatable bonds is 16. The molecule has 13 heterocycles. The average molecular weight is 1430 g/mol. The molecule has 0 aliphatic carbocycles. The third-order valence-electron chi connectivity index (χ3n) is 15.2. The van der Waals surface area contributed by atoms with Gasteiger partial charge in [-0.3, -0.25) is 4.90 Å². The molecule has 1 aliphatic heterocycles. The summed E-state index contributed by atoms with van der Waals surface area (Å²) in [4.78, 5) is 53.9. The quantitative estimate of drug-likeness (QED) is 0.0341. The van der Waals surface area contributed by atoms with Crippen LogP contribution in [0.3, 0.4) is 0 Å². The maximum atomic E-state index is 10.9. The van der Waals surface area contributed by atoms with E-state index < -0.39 is 8.32 Å². The lowest BCUT2D eigenvalue weighted by molar-refractivity contribution is 0.0337. The Hall–Kier alpha value is -9.88. The molecule has 30 heteroatoms. The van der Waals surface area contributed by atoms with Gasteiger partial charge in [-0.15, -0.1) is 4.91 Å². The first-order chi connectivity index (χ1) is 46.1. The summed E-state index contributed by atoms with van der Waals surface area (Å²) in [5, 5.41) is 29.4. The van der Waals surface area contributed by atoms with Crippen LogP contribution in [0.5, 0.6) is 0 Å². The van der Waals surface area contributed by atoms with E-state index in [-0.39, 0.29) is 42.6 Å². The lowest BCUT2D eigenvalue weighted by Gasteiger charge is -2.36. The minimum atomic E-state index is -1.87. The molecule has 0 spiro atoms. The highest BCUT2D eigenvalue weighted by molar-refractivity contribution is 9.10. The summed E-state index contributed by atoms with van der Waals surface area (Å²) >= 11 is 3.29. The fourth-order valence-corrected chi connectivity index (χ4v) is 10.8. The smallest absolute Gasteiger partial charge is 0.227 e. The number of aromatic nitrogens is 15. The second kappa shape index (κ2) is 31.8. The Morgan fingerprint density at radius 3 is 1.48 bits per heavy atom. The monoisotopic (exact) mass is 1430 g/mol. The van der Waals surface area contributed by atoms with Gasteiger partial charge in [0.1, 0.15) is 44.9 Å². The third kappa shape index (κ3) is 19.5. The molecule has 13 rings (SSSR count). The number of fused-ring (bicyclic) bond motifs is 3. The van der Waals surface area contributed by atoms with Gasteiger partial charge in [0.2, 0.25) is 35.3 Å². The lowest BCUT2D eigenvalue weighted by atomic mass is 10.1. The van der Waals surface area contributed by atoms with Gasteiger partial charge in [-0.1, -0.05) is 60.7 Å². The van der Waals surface area contributed by atoms with E-state index in [0.29, 0.717) is 93.2 Å². The fraction of sp³-hybridized carbons (Fsp3) is 0.391. The highest BCUT2D eigenvalue weighted by Crippen LogP contribution is 2.37. The predicted octanol–water partition coefficient (Wildman–Crippen LogP) is 15.8. The van der Waals surface area contributed by atoms with Gasteiger partial charge in [-0.25, -0.2) is 15.0 Å². The lowest BCUT2D eigenvalue weighted by Crippen LogP contribution is -2.40. The zero-order chi connectivity index (χ0) is 69.4. The zero-order valence-electron chi connectivity index (χ0n) is 57.3. The highest BCUT2D eigenvalue weighted by Gasteiger charge is 2.37. The normalized spacial score (nSPS) is 12.7. The molecule has 1 aliphatic rings. The Kier molecular flexibility index (Phi) is 24.0. The molecule has 0 radical (unpaired) electrons. The van der Waals surface area contributed by atoms with Gasteiger partial charge in [-0.2, -0.15) is 58.7 Å². The van der Waals surface area contributed by atoms with Crippen LogP contribution in [0.4, 0.5) is 46.5 Å². The van der Waals surface area contributed by atoms with Crippen LogP contribution in [-0.2, 0) is 28.7 Å². The summed E-state index contributed by atoms with van der Waals surface area (Å²) in [5.41, 5.74) is 11.5. The van der Waals surface area contributed by atoms with Crippen molar-refractivity contribution in [2.24, 2.45) is 5.18 Å². The van der Waals surface area contributed by atoms with Gasteiger partial charge >= 0.3 is 0 Å². The van der Waals surface area contributed by atoms with Crippen molar-refractivity contribution in [2.75, 3.05) is 53.3 Å². The molecule has 0 aromatic carbocycles. The number of nitroso groups, excluding NO2 is 1. The van der Waals surface area contributed by atoms with E-state index in [1.54, 1.807) is 27.5 Å². The van der Waals surface area contributed by atoms with E-state index in [9.17, 15) is 4.91 Å². The topological polar surface area (TPSA) is 333 Å². The van der Waals surface area contributed by atoms with Gasteiger partial charge in [0.05, 0.1) is 49.8 Å². The maximum Gasteiger partial charge on any atom is 0.227 e. The van der Waals surface area contributed by atoms with Gasteiger partial charge in [0, 0.05) is 36.4 Å². The molecule has 524 valence electrons. The average Bonchev–Trinajstić information content (AvgIpc) is 1.67. The summed E-state index contributed by atoms with van der Waals surface area (Å²) in [7, 11) is -1.87. The first-order valence-corrected chi connectivity index (χ1v) is 35.4. The molecular weight excluding hydrogens is 1340 g/mol. The summed E-state index contributed by atoms with van der Waals surface area (Å²) in [6.45, 7) is 35.7. The number of nitrogens with zero attached hydrogens (tertiary/aromatic N) is 17. The Morgan fingerprint density at radius 1 is 0.566 bits per heavy atom. The Balaban J connectivity index is 0.000000179. The molecule has 0 amide bonds. The molecule has 1 saturated heterocycles. The minimum absolute atomic E-state index is 0.